The highest BCUT2D eigenvalue weighted by molar-refractivity contribution is 6.08. The van der Waals surface area contributed by atoms with Gasteiger partial charge in [0.25, 0.3) is 5.91 Å². The molecule has 0 saturated heterocycles. The van der Waals surface area contributed by atoms with E-state index in [0.29, 0.717) is 11.4 Å². The van der Waals surface area contributed by atoms with Crippen LogP contribution in [0.5, 0.6) is 0 Å². The van der Waals surface area contributed by atoms with E-state index in [-0.39, 0.29) is 5.91 Å². The number of carbonyl (C=O) groups is 1. The fourth-order valence-corrected chi connectivity index (χ4v) is 2.48. The van der Waals surface area contributed by atoms with Crippen molar-refractivity contribution in [2.75, 3.05) is 5.32 Å². The van der Waals surface area contributed by atoms with Crippen LogP contribution in [-0.4, -0.2) is 26.1 Å². The SMILES string of the molecule is O=C(Nc1cccc2[nH]ccc12)c1cc(-c2cccnc2)n[nH]1. The van der Waals surface area contributed by atoms with E-state index >= 15 is 0 Å². The molecule has 0 saturated carbocycles. The lowest BCUT2D eigenvalue weighted by Gasteiger charge is -2.04. The van der Waals surface area contributed by atoms with E-state index in [9.17, 15) is 4.79 Å². The fourth-order valence-electron chi connectivity index (χ4n) is 2.48. The molecule has 4 aromatic rings. The number of aromatic amines is 2. The van der Waals surface area contributed by atoms with Crippen molar-refractivity contribution < 1.29 is 4.79 Å². The van der Waals surface area contributed by atoms with Gasteiger partial charge in [-0.25, -0.2) is 0 Å². The molecule has 0 spiro atoms. The summed E-state index contributed by atoms with van der Waals surface area (Å²) < 4.78 is 0. The zero-order chi connectivity index (χ0) is 15.6. The monoisotopic (exact) mass is 303 g/mol. The maximum absolute atomic E-state index is 12.4. The largest absolute Gasteiger partial charge is 0.361 e. The lowest BCUT2D eigenvalue weighted by Crippen LogP contribution is -2.12. The molecule has 3 N–H and O–H groups in total. The number of hydrogen-bond acceptors (Lipinski definition) is 3. The second-order valence-electron chi connectivity index (χ2n) is 5.11. The summed E-state index contributed by atoms with van der Waals surface area (Å²) in [6.07, 6.45) is 5.25. The summed E-state index contributed by atoms with van der Waals surface area (Å²) in [5.41, 5.74) is 3.67. The van der Waals surface area contributed by atoms with Gasteiger partial charge in [0.15, 0.2) is 0 Å². The topological polar surface area (TPSA) is 86.5 Å². The number of hydrogen-bond donors (Lipinski definition) is 3. The number of rotatable bonds is 3. The van der Waals surface area contributed by atoms with Gasteiger partial charge in [0.1, 0.15) is 5.69 Å². The first-order chi connectivity index (χ1) is 11.3. The summed E-state index contributed by atoms with van der Waals surface area (Å²) in [6.45, 7) is 0. The Morgan fingerprint density at radius 1 is 1.13 bits per heavy atom. The lowest BCUT2D eigenvalue weighted by molar-refractivity contribution is 0.102. The molecule has 3 heterocycles. The van der Waals surface area contributed by atoms with Crippen LogP contribution in [0.25, 0.3) is 22.2 Å². The number of carbonyl (C=O) groups excluding carboxylic acids is 1. The molecule has 4 rings (SSSR count). The van der Waals surface area contributed by atoms with Crippen molar-refractivity contribution in [1.29, 1.82) is 0 Å². The number of benzene rings is 1. The van der Waals surface area contributed by atoms with Gasteiger partial charge in [0.05, 0.1) is 11.4 Å². The predicted molar refractivity (Wildman–Crippen MR) is 88.1 cm³/mol. The highest BCUT2D eigenvalue weighted by atomic mass is 16.1. The molecule has 0 atom stereocenters. The molecule has 6 heteroatoms. The van der Waals surface area contributed by atoms with Gasteiger partial charge in [-0.05, 0) is 36.4 Å². The van der Waals surface area contributed by atoms with Gasteiger partial charge < -0.3 is 10.3 Å². The number of nitrogens with zero attached hydrogens (tertiary/aromatic N) is 2. The van der Waals surface area contributed by atoms with Crippen LogP contribution < -0.4 is 5.32 Å². The number of nitrogens with one attached hydrogen (secondary N) is 3. The Balaban J connectivity index is 1.60. The average molecular weight is 303 g/mol. The van der Waals surface area contributed by atoms with Crippen molar-refractivity contribution in [3.8, 4) is 11.3 Å². The second-order valence-corrected chi connectivity index (χ2v) is 5.11. The van der Waals surface area contributed by atoms with Crippen LogP contribution in [0.3, 0.4) is 0 Å². The van der Waals surface area contributed by atoms with Gasteiger partial charge in [0, 0.05) is 35.1 Å². The normalized spacial score (nSPS) is 10.8. The summed E-state index contributed by atoms with van der Waals surface area (Å²) in [5, 5.41) is 10.8. The van der Waals surface area contributed by atoms with Crippen LogP contribution >= 0.6 is 0 Å². The number of amides is 1. The molecule has 23 heavy (non-hydrogen) atoms. The average Bonchev–Trinajstić information content (AvgIpc) is 3.25. The third kappa shape index (κ3) is 2.46. The summed E-state index contributed by atoms with van der Waals surface area (Å²) in [4.78, 5) is 19.6. The Morgan fingerprint density at radius 2 is 2.09 bits per heavy atom. The van der Waals surface area contributed by atoms with Crippen LogP contribution in [0.15, 0.2) is 61.1 Å². The highest BCUT2D eigenvalue weighted by Gasteiger charge is 2.12. The molecular formula is C17H13N5O. The van der Waals surface area contributed by atoms with Crippen LogP contribution in [-0.2, 0) is 0 Å². The van der Waals surface area contributed by atoms with E-state index in [0.717, 1.165) is 22.2 Å². The number of aromatic nitrogens is 4. The minimum Gasteiger partial charge on any atom is -0.361 e. The van der Waals surface area contributed by atoms with Gasteiger partial charge in [-0.2, -0.15) is 5.10 Å². The third-order valence-electron chi connectivity index (χ3n) is 3.62. The highest BCUT2D eigenvalue weighted by Crippen LogP contribution is 2.23. The van der Waals surface area contributed by atoms with E-state index in [1.165, 1.54) is 0 Å². The zero-order valence-corrected chi connectivity index (χ0v) is 12.1. The molecule has 112 valence electrons. The number of fused-ring (bicyclic) bond motifs is 1. The van der Waals surface area contributed by atoms with Crippen LogP contribution in [0.1, 0.15) is 10.5 Å². The summed E-state index contributed by atoms with van der Waals surface area (Å²) in [7, 11) is 0. The second kappa shape index (κ2) is 5.42. The molecule has 1 amide bonds. The molecule has 0 fully saturated rings. The standard InChI is InChI=1S/C17H13N5O/c23-17(20-14-5-1-4-13-12(14)6-8-19-13)16-9-15(21-22-16)11-3-2-7-18-10-11/h1-10,19H,(H,20,23)(H,21,22). The van der Waals surface area contributed by atoms with E-state index < -0.39 is 0 Å². The van der Waals surface area contributed by atoms with Crippen LogP contribution in [0.2, 0.25) is 0 Å². The predicted octanol–water partition coefficient (Wildman–Crippen LogP) is 3.21. The summed E-state index contributed by atoms with van der Waals surface area (Å²) in [6, 6.07) is 13.1. The van der Waals surface area contributed by atoms with Crippen molar-refractivity contribution in [3.63, 3.8) is 0 Å². The number of pyridine rings is 1. The Morgan fingerprint density at radius 3 is 2.96 bits per heavy atom. The minimum atomic E-state index is -0.235. The Hall–Kier alpha value is -3.41. The van der Waals surface area contributed by atoms with Gasteiger partial charge in [-0.3, -0.25) is 14.9 Å². The Bertz CT molecular complexity index is 971. The van der Waals surface area contributed by atoms with Crippen molar-refractivity contribution in [2.24, 2.45) is 0 Å². The molecule has 0 bridgehead atoms. The molecule has 0 aliphatic carbocycles. The molecule has 0 aliphatic heterocycles. The number of H-pyrrole nitrogens is 2. The molecule has 6 nitrogen and oxygen atoms in total. The van der Waals surface area contributed by atoms with E-state index in [1.54, 1.807) is 18.5 Å². The fraction of sp³-hybridized carbons (Fsp3) is 0. The maximum atomic E-state index is 12.4. The zero-order valence-electron chi connectivity index (χ0n) is 12.1. The van der Waals surface area contributed by atoms with E-state index in [2.05, 4.69) is 25.5 Å². The van der Waals surface area contributed by atoms with Crippen molar-refractivity contribution in [2.45, 2.75) is 0 Å². The number of anilines is 1. The van der Waals surface area contributed by atoms with E-state index in [1.807, 2.05) is 42.6 Å². The lowest BCUT2D eigenvalue weighted by atomic mass is 10.2. The van der Waals surface area contributed by atoms with Gasteiger partial charge in [-0.15, -0.1) is 0 Å². The Labute approximate surface area is 131 Å². The molecular weight excluding hydrogens is 290 g/mol. The van der Waals surface area contributed by atoms with Gasteiger partial charge in [0.2, 0.25) is 0 Å². The van der Waals surface area contributed by atoms with Crippen molar-refractivity contribution in [3.05, 3.63) is 66.7 Å². The first-order valence-electron chi connectivity index (χ1n) is 7.14. The van der Waals surface area contributed by atoms with Gasteiger partial charge in [-0.1, -0.05) is 6.07 Å². The van der Waals surface area contributed by atoms with Crippen LogP contribution in [0.4, 0.5) is 5.69 Å². The summed E-state index contributed by atoms with van der Waals surface area (Å²) >= 11 is 0. The molecule has 0 unspecified atom stereocenters. The van der Waals surface area contributed by atoms with Crippen LogP contribution in [0, 0.1) is 0 Å². The smallest absolute Gasteiger partial charge is 0.273 e. The third-order valence-corrected chi connectivity index (χ3v) is 3.62. The Kier molecular flexibility index (Phi) is 3.12. The molecule has 3 aromatic heterocycles. The van der Waals surface area contributed by atoms with Crippen molar-refractivity contribution in [1.82, 2.24) is 20.2 Å². The first kappa shape index (κ1) is 13.3. The molecule has 0 radical (unpaired) electrons. The van der Waals surface area contributed by atoms with E-state index in [4.69, 9.17) is 0 Å². The summed E-state index contributed by atoms with van der Waals surface area (Å²) in [5.74, 6) is -0.235. The maximum Gasteiger partial charge on any atom is 0.273 e. The van der Waals surface area contributed by atoms with Gasteiger partial charge >= 0.3 is 0 Å². The molecule has 1 aromatic carbocycles. The van der Waals surface area contributed by atoms with Crippen molar-refractivity contribution >= 4 is 22.5 Å². The quantitative estimate of drug-likeness (QED) is 0.543. The first-order valence-corrected chi connectivity index (χ1v) is 7.14. The molecule has 0 aliphatic rings. The minimum absolute atomic E-state index is 0.235.